The highest BCUT2D eigenvalue weighted by Gasteiger charge is 2.24. The molecule has 0 bridgehead atoms. The Bertz CT molecular complexity index is 1200. The molecule has 0 saturated heterocycles. The third kappa shape index (κ3) is 4.80. The molecule has 7 heteroatoms. The number of nitrogens with two attached hydrogens (primary N) is 1. The van der Waals surface area contributed by atoms with Crippen LogP contribution < -0.4 is 14.8 Å². The number of carbonyl (C=O) groups is 1. The Morgan fingerprint density at radius 2 is 1.60 bits per heavy atom. The van der Waals surface area contributed by atoms with Crippen LogP contribution in [0, 0.1) is 11.8 Å². The number of carbonyl (C=O) groups excluding carboxylic acids is 1. The van der Waals surface area contributed by atoms with Crippen LogP contribution in [0.15, 0.2) is 83.8 Å². The van der Waals surface area contributed by atoms with E-state index in [9.17, 15) is 13.2 Å². The van der Waals surface area contributed by atoms with Gasteiger partial charge in [0.05, 0.1) is 16.1 Å². The summed E-state index contributed by atoms with van der Waals surface area (Å²) in [6.07, 6.45) is 0. The lowest BCUT2D eigenvalue weighted by atomic mass is 10.2. The zero-order valence-electron chi connectivity index (χ0n) is 16.3. The van der Waals surface area contributed by atoms with Gasteiger partial charge >= 0.3 is 0 Å². The predicted octanol–water partition coefficient (Wildman–Crippen LogP) is 3.04. The number of primary amides is 1. The molecule has 30 heavy (non-hydrogen) atoms. The Labute approximate surface area is 176 Å². The van der Waals surface area contributed by atoms with Crippen LogP contribution in [-0.2, 0) is 10.0 Å². The van der Waals surface area contributed by atoms with Crippen molar-refractivity contribution in [1.29, 1.82) is 0 Å². The molecule has 0 heterocycles. The third-order valence-corrected chi connectivity index (χ3v) is 6.09. The first-order valence-corrected chi connectivity index (χ1v) is 10.5. The van der Waals surface area contributed by atoms with E-state index in [0.717, 1.165) is 9.87 Å². The average Bonchev–Trinajstić information content (AvgIpc) is 2.77. The number of para-hydroxylation sites is 1. The highest BCUT2D eigenvalue weighted by molar-refractivity contribution is 7.92. The van der Waals surface area contributed by atoms with E-state index in [1.807, 2.05) is 30.3 Å². The van der Waals surface area contributed by atoms with Gasteiger partial charge in [0.15, 0.2) is 0 Å². The third-order valence-electron chi connectivity index (χ3n) is 4.31. The van der Waals surface area contributed by atoms with Crippen molar-refractivity contribution in [2.45, 2.75) is 4.90 Å². The van der Waals surface area contributed by atoms with Gasteiger partial charge in [-0.15, -0.1) is 0 Å². The van der Waals surface area contributed by atoms with Crippen molar-refractivity contribution >= 4 is 21.6 Å². The van der Waals surface area contributed by atoms with Crippen molar-refractivity contribution in [2.24, 2.45) is 5.73 Å². The SMILES string of the molecule is CN(c1ccccc1C(N)=O)S(=O)(=O)c1ccc(OCC#Cc2ccccc2)cc1. The fourth-order valence-corrected chi connectivity index (χ4v) is 3.95. The van der Waals surface area contributed by atoms with Gasteiger partial charge < -0.3 is 10.5 Å². The lowest BCUT2D eigenvalue weighted by molar-refractivity contribution is 0.100. The molecule has 0 radical (unpaired) electrons. The maximum absolute atomic E-state index is 12.9. The van der Waals surface area contributed by atoms with Crippen molar-refractivity contribution in [3.8, 4) is 17.6 Å². The van der Waals surface area contributed by atoms with Crippen molar-refractivity contribution in [1.82, 2.24) is 0 Å². The number of hydrogen-bond donors (Lipinski definition) is 1. The lowest BCUT2D eigenvalue weighted by Gasteiger charge is -2.21. The van der Waals surface area contributed by atoms with Crippen LogP contribution in [0.3, 0.4) is 0 Å². The summed E-state index contributed by atoms with van der Waals surface area (Å²) in [5, 5.41) is 0. The summed E-state index contributed by atoms with van der Waals surface area (Å²) in [4.78, 5) is 11.7. The number of rotatable bonds is 6. The Morgan fingerprint density at radius 1 is 0.967 bits per heavy atom. The second kappa shape index (κ2) is 9.16. The quantitative estimate of drug-likeness (QED) is 0.621. The second-order valence-electron chi connectivity index (χ2n) is 6.28. The van der Waals surface area contributed by atoms with E-state index in [-0.39, 0.29) is 22.8 Å². The van der Waals surface area contributed by atoms with Gasteiger partial charge in [0.25, 0.3) is 15.9 Å². The van der Waals surface area contributed by atoms with E-state index in [4.69, 9.17) is 10.5 Å². The van der Waals surface area contributed by atoms with Crippen molar-refractivity contribution in [2.75, 3.05) is 18.0 Å². The van der Waals surface area contributed by atoms with Crippen LogP contribution in [0.4, 0.5) is 5.69 Å². The number of ether oxygens (including phenoxy) is 1. The maximum atomic E-state index is 12.9. The van der Waals surface area contributed by atoms with Crippen LogP contribution >= 0.6 is 0 Å². The summed E-state index contributed by atoms with van der Waals surface area (Å²) in [7, 11) is -2.51. The topological polar surface area (TPSA) is 89.7 Å². The molecule has 1 amide bonds. The Kier molecular flexibility index (Phi) is 6.40. The molecule has 0 spiro atoms. The van der Waals surface area contributed by atoms with E-state index >= 15 is 0 Å². The Morgan fingerprint density at radius 3 is 2.27 bits per heavy atom. The van der Waals surface area contributed by atoms with Crippen molar-refractivity contribution in [3.05, 3.63) is 90.0 Å². The molecule has 0 atom stereocenters. The molecule has 3 rings (SSSR count). The number of sulfonamides is 1. The minimum atomic E-state index is -3.88. The standard InChI is InChI=1S/C23H20N2O4S/c1-25(22-12-6-5-11-21(22)23(24)26)30(27,28)20-15-13-19(14-16-20)29-17-7-10-18-8-3-2-4-9-18/h2-6,8-9,11-16H,17H2,1H3,(H2,24,26). The molecule has 3 aromatic carbocycles. The highest BCUT2D eigenvalue weighted by atomic mass is 32.2. The summed E-state index contributed by atoms with van der Waals surface area (Å²) in [5.74, 6) is 5.69. The average molecular weight is 420 g/mol. The first kappa shape index (κ1) is 21.0. The van der Waals surface area contributed by atoms with Crippen molar-refractivity contribution in [3.63, 3.8) is 0 Å². The predicted molar refractivity (Wildman–Crippen MR) is 116 cm³/mol. The Balaban J connectivity index is 1.72. The van der Waals surface area contributed by atoms with Crippen molar-refractivity contribution < 1.29 is 17.9 Å². The number of hydrogen-bond acceptors (Lipinski definition) is 4. The molecule has 6 nitrogen and oxygen atoms in total. The first-order chi connectivity index (χ1) is 14.4. The number of nitrogens with zero attached hydrogens (tertiary/aromatic N) is 1. The van der Waals surface area contributed by atoms with E-state index in [1.54, 1.807) is 24.3 Å². The monoisotopic (exact) mass is 420 g/mol. The van der Waals surface area contributed by atoms with E-state index in [1.165, 1.54) is 31.3 Å². The van der Waals surface area contributed by atoms with Gasteiger partial charge in [0.1, 0.15) is 12.4 Å². The molecule has 0 aromatic heterocycles. The van der Waals surface area contributed by atoms with Gasteiger partial charge in [-0.25, -0.2) is 8.42 Å². The molecular formula is C23H20N2O4S. The Hall–Kier alpha value is -3.76. The molecular weight excluding hydrogens is 400 g/mol. The maximum Gasteiger partial charge on any atom is 0.264 e. The molecule has 0 aliphatic rings. The van der Waals surface area contributed by atoms with Gasteiger partial charge in [0.2, 0.25) is 0 Å². The molecule has 152 valence electrons. The molecule has 0 saturated carbocycles. The van der Waals surface area contributed by atoms with E-state index in [2.05, 4.69) is 11.8 Å². The van der Waals surface area contributed by atoms with Gasteiger partial charge in [-0.05, 0) is 48.5 Å². The zero-order valence-corrected chi connectivity index (χ0v) is 17.1. The largest absolute Gasteiger partial charge is 0.481 e. The fraction of sp³-hybridized carbons (Fsp3) is 0.0870. The summed E-state index contributed by atoms with van der Waals surface area (Å²) in [6, 6.07) is 21.8. The highest BCUT2D eigenvalue weighted by Crippen LogP contribution is 2.26. The van der Waals surface area contributed by atoms with Gasteiger partial charge in [-0.1, -0.05) is 42.2 Å². The van der Waals surface area contributed by atoms with Crippen LogP contribution in [0.25, 0.3) is 0 Å². The van der Waals surface area contributed by atoms with Gasteiger partial charge in [0, 0.05) is 12.6 Å². The zero-order chi connectivity index (χ0) is 21.6. The smallest absolute Gasteiger partial charge is 0.264 e. The summed E-state index contributed by atoms with van der Waals surface area (Å²) < 4.78 is 32.5. The summed E-state index contributed by atoms with van der Waals surface area (Å²) >= 11 is 0. The number of amides is 1. The van der Waals surface area contributed by atoms with E-state index < -0.39 is 15.9 Å². The van der Waals surface area contributed by atoms with E-state index in [0.29, 0.717) is 5.75 Å². The number of anilines is 1. The molecule has 0 unspecified atom stereocenters. The van der Waals surface area contributed by atoms with Gasteiger partial charge in [-0.3, -0.25) is 9.10 Å². The minimum Gasteiger partial charge on any atom is -0.481 e. The van der Waals surface area contributed by atoms with Crippen LogP contribution in [0.5, 0.6) is 5.75 Å². The van der Waals surface area contributed by atoms with Crippen LogP contribution in [0.2, 0.25) is 0 Å². The summed E-state index contributed by atoms with van der Waals surface area (Å²) in [6.45, 7) is 0.173. The summed E-state index contributed by atoms with van der Waals surface area (Å²) in [5.41, 5.74) is 6.59. The molecule has 3 aromatic rings. The van der Waals surface area contributed by atoms with Crippen LogP contribution in [0.1, 0.15) is 15.9 Å². The van der Waals surface area contributed by atoms with Crippen LogP contribution in [-0.4, -0.2) is 28.0 Å². The van der Waals surface area contributed by atoms with Gasteiger partial charge in [-0.2, -0.15) is 0 Å². The normalized spacial score (nSPS) is 10.6. The molecule has 2 N–H and O–H groups in total. The second-order valence-corrected chi connectivity index (χ2v) is 8.25. The molecule has 0 fully saturated rings. The first-order valence-electron chi connectivity index (χ1n) is 9.04. The minimum absolute atomic E-state index is 0.0620. The fourth-order valence-electron chi connectivity index (χ4n) is 2.73. The number of benzene rings is 3. The molecule has 0 aliphatic heterocycles. The molecule has 0 aliphatic carbocycles. The lowest BCUT2D eigenvalue weighted by Crippen LogP contribution is -2.29.